The average molecular weight is 438 g/mol. The molecular formula is C30H33N2O+. The molecule has 0 atom stereocenters. The highest BCUT2D eigenvalue weighted by molar-refractivity contribution is 5.90. The quantitative estimate of drug-likeness (QED) is 0.286. The Bertz CT molecular complexity index is 1290. The lowest BCUT2D eigenvalue weighted by Gasteiger charge is -2.29. The van der Waals surface area contributed by atoms with E-state index >= 15 is 0 Å². The number of hydrogen-bond acceptors (Lipinski definition) is 2. The number of nitrogens with zero attached hydrogens (tertiary/aromatic N) is 2. The normalized spacial score (nSPS) is 17.1. The van der Waals surface area contributed by atoms with Gasteiger partial charge in [0.25, 0.3) is 0 Å². The molecular weight excluding hydrogens is 404 g/mol. The molecule has 3 heteroatoms. The van der Waals surface area contributed by atoms with Gasteiger partial charge in [-0.15, -0.1) is 0 Å². The van der Waals surface area contributed by atoms with Gasteiger partial charge in [0.05, 0.1) is 6.07 Å². The molecule has 168 valence electrons. The molecule has 2 aromatic carbocycles. The third-order valence-electron chi connectivity index (χ3n) is 7.47. The molecule has 6 rings (SSSR count). The molecule has 3 nitrogen and oxygen atoms in total. The first-order chi connectivity index (χ1) is 16.3. The van der Waals surface area contributed by atoms with Crippen LogP contribution in [0.5, 0.6) is 0 Å². The van der Waals surface area contributed by atoms with Gasteiger partial charge in [-0.25, -0.2) is 4.58 Å². The number of benzene rings is 3. The van der Waals surface area contributed by atoms with Crippen LogP contribution < -0.4 is 14.8 Å². The first kappa shape index (κ1) is 20.5. The van der Waals surface area contributed by atoms with E-state index in [1.54, 1.807) is 0 Å². The summed E-state index contributed by atoms with van der Waals surface area (Å²) in [4.78, 5) is 2.52. The van der Waals surface area contributed by atoms with Crippen LogP contribution in [0.4, 0.5) is 5.69 Å². The highest BCUT2D eigenvalue weighted by atomic mass is 16.3. The van der Waals surface area contributed by atoms with Crippen LogP contribution in [0.25, 0.3) is 22.3 Å². The van der Waals surface area contributed by atoms with Gasteiger partial charge in [-0.2, -0.15) is 0 Å². The Hall–Kier alpha value is -3.07. The van der Waals surface area contributed by atoms with Gasteiger partial charge in [0, 0.05) is 54.7 Å². The van der Waals surface area contributed by atoms with Gasteiger partial charge in [0.15, 0.2) is 0 Å². The summed E-state index contributed by atoms with van der Waals surface area (Å²) in [6.07, 6.45) is 8.74. The Morgan fingerprint density at radius 3 is 2.36 bits per heavy atom. The molecule has 0 amide bonds. The first-order valence-electron chi connectivity index (χ1n) is 12.7. The minimum atomic E-state index is 0.913. The minimum absolute atomic E-state index is 0.913. The molecule has 2 aromatic rings. The molecule has 1 aliphatic carbocycles. The summed E-state index contributed by atoms with van der Waals surface area (Å²) in [7, 11) is 0. The second-order valence-corrected chi connectivity index (χ2v) is 9.70. The summed E-state index contributed by atoms with van der Waals surface area (Å²) in [5, 5.41) is 2.53. The lowest BCUT2D eigenvalue weighted by molar-refractivity contribution is 0.451. The number of hydrogen-bond donors (Lipinski definition) is 0. The van der Waals surface area contributed by atoms with Gasteiger partial charge in [-0.3, -0.25) is 0 Å². The minimum Gasteiger partial charge on any atom is -0.456 e. The van der Waals surface area contributed by atoms with Crippen molar-refractivity contribution in [3.8, 4) is 11.3 Å². The highest BCUT2D eigenvalue weighted by Gasteiger charge is 2.20. The van der Waals surface area contributed by atoms with Crippen molar-refractivity contribution in [2.45, 2.75) is 44.9 Å². The van der Waals surface area contributed by atoms with E-state index in [1.165, 1.54) is 71.6 Å². The van der Waals surface area contributed by atoms with Crippen molar-refractivity contribution in [3.05, 3.63) is 83.2 Å². The number of piperidine rings is 2. The van der Waals surface area contributed by atoms with Gasteiger partial charge in [-0.05, 0) is 61.4 Å². The maximum atomic E-state index is 6.63. The predicted molar refractivity (Wildman–Crippen MR) is 137 cm³/mol. The Labute approximate surface area is 196 Å². The standard InChI is InChI=1S/C30H33N2O/c1-4-10-23(11-5-1)20-28-26-14-12-24(31-16-6-2-7-17-31)21-29(26)33-30-22-25(13-15-27(28)30)32-18-8-3-9-19-32/h1,4-5,10-15,21-22H,2-3,6-9,16-20H2/q+1. The van der Waals surface area contributed by atoms with Crippen molar-refractivity contribution in [3.63, 3.8) is 0 Å². The highest BCUT2D eigenvalue weighted by Crippen LogP contribution is 2.36. The van der Waals surface area contributed by atoms with E-state index in [-0.39, 0.29) is 0 Å². The van der Waals surface area contributed by atoms with Crippen LogP contribution in [0.3, 0.4) is 0 Å². The van der Waals surface area contributed by atoms with Crippen molar-refractivity contribution in [2.24, 2.45) is 0 Å². The van der Waals surface area contributed by atoms with E-state index in [4.69, 9.17) is 4.42 Å². The van der Waals surface area contributed by atoms with E-state index in [2.05, 4.69) is 76.2 Å². The molecule has 0 radical (unpaired) electrons. The lowest BCUT2D eigenvalue weighted by Crippen LogP contribution is -2.34. The van der Waals surface area contributed by atoms with Crippen LogP contribution in [-0.2, 0) is 6.42 Å². The van der Waals surface area contributed by atoms with Crippen LogP contribution >= 0.6 is 0 Å². The maximum absolute atomic E-state index is 6.63. The SMILES string of the molecule is c1ccc(Cc2c3ccc(=[N+]4CCCCC4)cc-3oc3cc(N4CCCCC4)ccc23)cc1. The maximum Gasteiger partial charge on any atom is 0.203 e. The number of anilines is 1. The third-order valence-corrected chi connectivity index (χ3v) is 7.47. The summed E-state index contributed by atoms with van der Waals surface area (Å²) < 4.78 is 9.15. The zero-order chi connectivity index (χ0) is 22.0. The molecule has 3 aliphatic heterocycles. The molecule has 0 aromatic heterocycles. The predicted octanol–water partition coefficient (Wildman–Crippen LogP) is 6.07. The van der Waals surface area contributed by atoms with E-state index in [0.717, 1.165) is 43.9 Å². The monoisotopic (exact) mass is 437 g/mol. The average Bonchev–Trinajstić information content (AvgIpc) is 2.89. The molecule has 0 saturated carbocycles. The number of fused-ring (bicyclic) bond motifs is 2. The van der Waals surface area contributed by atoms with Crippen molar-refractivity contribution in [2.75, 3.05) is 31.1 Å². The van der Waals surface area contributed by atoms with E-state index in [0.29, 0.717) is 0 Å². The van der Waals surface area contributed by atoms with Crippen LogP contribution in [0, 0.1) is 0 Å². The lowest BCUT2D eigenvalue weighted by atomic mass is 9.94. The molecule has 0 spiro atoms. The van der Waals surface area contributed by atoms with Crippen LogP contribution in [0.2, 0.25) is 0 Å². The van der Waals surface area contributed by atoms with Gasteiger partial charge < -0.3 is 9.32 Å². The summed E-state index contributed by atoms with van der Waals surface area (Å²) in [5.41, 5.74) is 6.24. The summed E-state index contributed by atoms with van der Waals surface area (Å²) in [6.45, 7) is 4.59. The Morgan fingerprint density at radius 2 is 1.55 bits per heavy atom. The first-order valence-corrected chi connectivity index (χ1v) is 12.7. The topological polar surface area (TPSA) is 19.4 Å². The van der Waals surface area contributed by atoms with Crippen molar-refractivity contribution in [1.29, 1.82) is 0 Å². The largest absolute Gasteiger partial charge is 0.456 e. The summed E-state index contributed by atoms with van der Waals surface area (Å²) in [6, 6.07) is 24.6. The summed E-state index contributed by atoms with van der Waals surface area (Å²) >= 11 is 0. The van der Waals surface area contributed by atoms with Gasteiger partial charge in [0.2, 0.25) is 5.36 Å². The fourth-order valence-electron chi connectivity index (χ4n) is 5.64. The van der Waals surface area contributed by atoms with E-state index in [1.807, 2.05) is 0 Å². The fraction of sp³-hybridized carbons (Fsp3) is 0.367. The van der Waals surface area contributed by atoms with Gasteiger partial charge in [-0.1, -0.05) is 30.3 Å². The zero-order valence-corrected chi connectivity index (χ0v) is 19.4. The molecule has 3 heterocycles. The van der Waals surface area contributed by atoms with Crippen LogP contribution in [0.1, 0.15) is 49.7 Å². The smallest absolute Gasteiger partial charge is 0.203 e. The molecule has 2 saturated heterocycles. The number of rotatable bonds is 3. The van der Waals surface area contributed by atoms with E-state index in [9.17, 15) is 0 Å². The third kappa shape index (κ3) is 4.17. The van der Waals surface area contributed by atoms with Gasteiger partial charge >= 0.3 is 0 Å². The van der Waals surface area contributed by atoms with Crippen LogP contribution in [0.15, 0.2) is 71.1 Å². The Morgan fingerprint density at radius 1 is 0.758 bits per heavy atom. The fourth-order valence-corrected chi connectivity index (χ4v) is 5.64. The van der Waals surface area contributed by atoms with Crippen molar-refractivity contribution >= 4 is 16.7 Å². The second kappa shape index (κ2) is 9.05. The summed E-state index contributed by atoms with van der Waals surface area (Å²) in [5.74, 6) is 1.01. The molecule has 33 heavy (non-hydrogen) atoms. The molecule has 0 unspecified atom stereocenters. The second-order valence-electron chi connectivity index (χ2n) is 9.70. The molecule has 0 N–H and O–H groups in total. The Balaban J connectivity index is 1.53. The van der Waals surface area contributed by atoms with E-state index < -0.39 is 0 Å². The molecule has 2 fully saturated rings. The Kier molecular flexibility index (Phi) is 5.63. The molecule has 0 bridgehead atoms. The van der Waals surface area contributed by atoms with Gasteiger partial charge in [0.1, 0.15) is 24.4 Å². The van der Waals surface area contributed by atoms with Crippen molar-refractivity contribution in [1.82, 2.24) is 4.58 Å². The molecule has 4 aliphatic rings. The van der Waals surface area contributed by atoms with Crippen LogP contribution in [-0.4, -0.2) is 26.2 Å². The van der Waals surface area contributed by atoms with Crippen molar-refractivity contribution < 1.29 is 4.42 Å². The zero-order valence-electron chi connectivity index (χ0n) is 19.4.